The summed E-state index contributed by atoms with van der Waals surface area (Å²) in [6, 6.07) is 90.8. The Bertz CT molecular complexity index is 3930. The van der Waals surface area contributed by atoms with E-state index in [-0.39, 0.29) is 0 Å². The molecule has 304 valence electrons. The van der Waals surface area contributed by atoms with Gasteiger partial charge in [0.15, 0.2) is 0 Å². The molecule has 11 aromatic carbocycles. The number of anilines is 3. The summed E-state index contributed by atoms with van der Waals surface area (Å²) < 4.78 is 4.85. The molecule has 3 nitrogen and oxygen atoms in total. The molecule has 2 aromatic heterocycles. The van der Waals surface area contributed by atoms with Gasteiger partial charge in [-0.1, -0.05) is 176 Å². The van der Waals surface area contributed by atoms with Crippen molar-refractivity contribution in [3.8, 4) is 33.6 Å². The van der Waals surface area contributed by atoms with Crippen molar-refractivity contribution in [3.63, 3.8) is 0 Å². The Hall–Kier alpha value is -8.66. The van der Waals surface area contributed by atoms with Crippen molar-refractivity contribution in [2.45, 2.75) is 0 Å². The number of aromatic nitrogens is 2. The fraction of sp³-hybridized carbons (Fsp3) is 0. The summed E-state index contributed by atoms with van der Waals surface area (Å²) in [6.07, 6.45) is 0. The van der Waals surface area contributed by atoms with Crippen molar-refractivity contribution < 1.29 is 0 Å². The first-order chi connectivity index (χ1) is 32.3. The molecule has 0 unspecified atom stereocenters. The monoisotopic (exact) mass is 827 g/mol. The van der Waals surface area contributed by atoms with E-state index in [9.17, 15) is 0 Å². The van der Waals surface area contributed by atoms with E-state index >= 15 is 0 Å². The zero-order valence-corrected chi connectivity index (χ0v) is 35.5. The maximum atomic E-state index is 2.45. The second kappa shape index (κ2) is 15.0. The largest absolute Gasteiger partial charge is 0.310 e. The van der Waals surface area contributed by atoms with Crippen molar-refractivity contribution in [1.82, 2.24) is 9.13 Å². The van der Waals surface area contributed by atoms with Crippen LogP contribution in [0.2, 0.25) is 0 Å². The minimum atomic E-state index is 1.07. The topological polar surface area (TPSA) is 13.1 Å². The lowest BCUT2D eigenvalue weighted by Crippen LogP contribution is -2.10. The normalized spacial score (nSPS) is 11.7. The summed E-state index contributed by atoms with van der Waals surface area (Å²) >= 11 is 0. The quantitative estimate of drug-likeness (QED) is 0.156. The van der Waals surface area contributed by atoms with E-state index < -0.39 is 0 Å². The number of nitrogens with zero attached hydrogens (tertiary/aromatic N) is 3. The van der Waals surface area contributed by atoms with Gasteiger partial charge in [-0.3, -0.25) is 0 Å². The Morgan fingerprint density at radius 1 is 0.262 bits per heavy atom. The lowest BCUT2D eigenvalue weighted by Gasteiger charge is -2.27. The zero-order valence-electron chi connectivity index (χ0n) is 35.5. The molecule has 0 saturated heterocycles. The summed E-state index contributed by atoms with van der Waals surface area (Å²) in [5.74, 6) is 0. The van der Waals surface area contributed by atoms with Crippen LogP contribution in [0.1, 0.15) is 0 Å². The minimum Gasteiger partial charge on any atom is -0.310 e. The van der Waals surface area contributed by atoms with Gasteiger partial charge in [-0.2, -0.15) is 0 Å². The second-order valence-corrected chi connectivity index (χ2v) is 16.9. The third-order valence-corrected chi connectivity index (χ3v) is 13.2. The predicted molar refractivity (Wildman–Crippen MR) is 276 cm³/mol. The highest BCUT2D eigenvalue weighted by Gasteiger charge is 2.22. The van der Waals surface area contributed by atoms with Crippen LogP contribution in [-0.2, 0) is 0 Å². The third kappa shape index (κ3) is 5.97. The molecule has 0 aliphatic heterocycles. The Kier molecular flexibility index (Phi) is 8.53. The fourth-order valence-corrected chi connectivity index (χ4v) is 10.4. The van der Waals surface area contributed by atoms with Gasteiger partial charge in [-0.15, -0.1) is 0 Å². The number of hydrogen-bond donors (Lipinski definition) is 0. The highest BCUT2D eigenvalue weighted by Crippen LogP contribution is 2.45. The number of para-hydroxylation sites is 3. The Balaban J connectivity index is 1.09. The Morgan fingerprint density at radius 3 is 1.49 bits per heavy atom. The van der Waals surface area contributed by atoms with Crippen molar-refractivity contribution in [1.29, 1.82) is 0 Å². The molecule has 0 spiro atoms. The highest BCUT2D eigenvalue weighted by molar-refractivity contribution is 6.22. The number of fused-ring (bicyclic) bond motifs is 9. The maximum Gasteiger partial charge on any atom is 0.0562 e. The van der Waals surface area contributed by atoms with Gasteiger partial charge in [-0.05, 0) is 117 Å². The lowest BCUT2D eigenvalue weighted by atomic mass is 9.91. The van der Waals surface area contributed by atoms with Gasteiger partial charge in [0.05, 0.1) is 22.1 Å². The predicted octanol–water partition coefficient (Wildman–Crippen LogP) is 17.0. The summed E-state index contributed by atoms with van der Waals surface area (Å²) in [6.45, 7) is 0. The average Bonchev–Trinajstić information content (AvgIpc) is 3.89. The van der Waals surface area contributed by atoms with Crippen LogP contribution < -0.4 is 4.90 Å². The first-order valence-corrected chi connectivity index (χ1v) is 22.3. The van der Waals surface area contributed by atoms with E-state index in [0.29, 0.717) is 0 Å². The number of benzene rings is 11. The Labute approximate surface area is 376 Å². The molecule has 0 amide bonds. The van der Waals surface area contributed by atoms with Gasteiger partial charge in [0.25, 0.3) is 0 Å². The maximum absolute atomic E-state index is 2.45. The van der Waals surface area contributed by atoms with Crippen molar-refractivity contribution in [2.24, 2.45) is 0 Å². The molecule has 3 heteroatoms. The first-order valence-electron chi connectivity index (χ1n) is 22.3. The minimum absolute atomic E-state index is 1.07. The van der Waals surface area contributed by atoms with Gasteiger partial charge in [0.2, 0.25) is 0 Å². The molecule has 13 aromatic rings. The molecule has 65 heavy (non-hydrogen) atoms. The highest BCUT2D eigenvalue weighted by atomic mass is 15.1. The lowest BCUT2D eigenvalue weighted by molar-refractivity contribution is 1.17. The summed E-state index contributed by atoms with van der Waals surface area (Å²) in [5.41, 5.74) is 15.0. The van der Waals surface area contributed by atoms with Gasteiger partial charge in [0.1, 0.15) is 0 Å². The van der Waals surface area contributed by atoms with Crippen molar-refractivity contribution >= 4 is 82.2 Å². The Morgan fingerprint density at radius 2 is 0.769 bits per heavy atom. The molecule has 0 saturated carbocycles. The summed E-state index contributed by atoms with van der Waals surface area (Å²) in [5, 5.41) is 9.90. The fourth-order valence-electron chi connectivity index (χ4n) is 10.4. The molecule has 2 heterocycles. The van der Waals surface area contributed by atoms with E-state index in [1.807, 2.05) is 0 Å². The SMILES string of the molecule is c1ccc(-c2cccc3cccc(-c4cccc(N(c5ccc6c7ccccc7n(-c7ccccc7)c6c5)c5ccc6c7c8ccccc8ccc7n(-c7ccccc7)c6c5)c4)c23)cc1. The molecular weight excluding hydrogens is 787 g/mol. The first kappa shape index (κ1) is 36.9. The van der Waals surface area contributed by atoms with E-state index in [1.54, 1.807) is 0 Å². The van der Waals surface area contributed by atoms with Gasteiger partial charge in [0, 0.05) is 50.0 Å². The molecular formula is C62H41N3. The molecule has 0 aliphatic carbocycles. The van der Waals surface area contributed by atoms with Gasteiger partial charge >= 0.3 is 0 Å². The number of rotatable bonds is 7. The van der Waals surface area contributed by atoms with Crippen molar-refractivity contribution in [3.05, 3.63) is 249 Å². The third-order valence-electron chi connectivity index (χ3n) is 13.2. The zero-order chi connectivity index (χ0) is 42.8. The van der Waals surface area contributed by atoms with Crippen LogP contribution in [-0.4, -0.2) is 9.13 Å². The summed E-state index contributed by atoms with van der Waals surface area (Å²) in [7, 11) is 0. The van der Waals surface area contributed by atoms with Crippen LogP contribution in [0.4, 0.5) is 17.1 Å². The van der Waals surface area contributed by atoms with Gasteiger partial charge in [-0.25, -0.2) is 0 Å². The van der Waals surface area contributed by atoms with E-state index in [2.05, 4.69) is 263 Å². The molecule has 0 bridgehead atoms. The van der Waals surface area contributed by atoms with Crippen LogP contribution in [0.5, 0.6) is 0 Å². The van der Waals surface area contributed by atoms with E-state index in [4.69, 9.17) is 0 Å². The second-order valence-electron chi connectivity index (χ2n) is 16.9. The molecule has 0 radical (unpaired) electrons. The molecule has 0 atom stereocenters. The van der Waals surface area contributed by atoms with Crippen LogP contribution in [0.15, 0.2) is 249 Å². The molecule has 0 fully saturated rings. The van der Waals surface area contributed by atoms with Crippen LogP contribution in [0.25, 0.3) is 98.8 Å². The van der Waals surface area contributed by atoms with Crippen LogP contribution >= 0.6 is 0 Å². The standard InChI is InChI=1S/C62H41N3/c1-4-17-42(18-5-1)51-30-15-20-44-21-16-31-53(61(44)51)45-22-14-27-48(39-45)63(49-34-36-55-54-29-12-13-32-57(54)64(59(55)40-49)46-23-6-2-7-24-46)50-35-37-56-60(41-50)65(47-25-8-3-9-26-47)58-38-33-43-19-10-11-28-52(43)62(56)58/h1-41H. The van der Waals surface area contributed by atoms with Crippen LogP contribution in [0.3, 0.4) is 0 Å². The smallest absolute Gasteiger partial charge is 0.0562 e. The number of hydrogen-bond acceptors (Lipinski definition) is 1. The van der Waals surface area contributed by atoms with Gasteiger partial charge < -0.3 is 14.0 Å². The molecule has 0 N–H and O–H groups in total. The van der Waals surface area contributed by atoms with Crippen LogP contribution in [0, 0.1) is 0 Å². The summed E-state index contributed by atoms with van der Waals surface area (Å²) in [4.78, 5) is 2.45. The molecule has 0 aliphatic rings. The molecule has 13 rings (SSSR count). The van der Waals surface area contributed by atoms with E-state index in [1.165, 1.54) is 70.8 Å². The average molecular weight is 828 g/mol. The van der Waals surface area contributed by atoms with E-state index in [0.717, 1.165) is 45.0 Å². The van der Waals surface area contributed by atoms with Crippen molar-refractivity contribution in [2.75, 3.05) is 4.90 Å².